The number of nitrogens with zero attached hydrogens (tertiary/aromatic N) is 2. The molecule has 2 aliphatic heterocycles. The maximum atomic E-state index is 5.94. The zero-order valence-electron chi connectivity index (χ0n) is 12.5. The Kier molecular flexibility index (Phi) is 4.69. The second-order valence-corrected chi connectivity index (χ2v) is 6.46. The van der Waals surface area contributed by atoms with Crippen molar-refractivity contribution in [1.82, 2.24) is 9.88 Å². The molecule has 0 aliphatic carbocycles. The van der Waals surface area contributed by atoms with Crippen LogP contribution >= 0.6 is 0 Å². The van der Waals surface area contributed by atoms with E-state index in [0.717, 1.165) is 12.5 Å². The van der Waals surface area contributed by atoms with Crippen LogP contribution in [0.25, 0.3) is 0 Å². The lowest BCUT2D eigenvalue weighted by atomic mass is 9.90. The molecule has 2 atom stereocenters. The molecule has 3 heterocycles. The Morgan fingerprint density at radius 1 is 1.25 bits per heavy atom. The Labute approximate surface area is 122 Å². The summed E-state index contributed by atoms with van der Waals surface area (Å²) in [6.45, 7) is 5.81. The Morgan fingerprint density at radius 3 is 2.75 bits per heavy atom. The highest BCUT2D eigenvalue weighted by molar-refractivity contribution is 5.09. The average Bonchev–Trinajstić information content (AvgIpc) is 2.88. The van der Waals surface area contributed by atoms with E-state index in [1.807, 2.05) is 18.5 Å². The highest BCUT2D eigenvalue weighted by atomic mass is 16.5. The molecule has 0 saturated carbocycles. The van der Waals surface area contributed by atoms with Crippen molar-refractivity contribution in [3.05, 3.63) is 30.1 Å². The second-order valence-electron chi connectivity index (χ2n) is 6.46. The van der Waals surface area contributed by atoms with E-state index in [1.54, 1.807) is 0 Å². The Bertz CT molecular complexity index is 401. The zero-order valence-corrected chi connectivity index (χ0v) is 12.5. The molecule has 0 amide bonds. The molecule has 20 heavy (non-hydrogen) atoms. The fraction of sp³-hybridized carbons (Fsp3) is 0.706. The molecule has 2 unspecified atom stereocenters. The van der Waals surface area contributed by atoms with Gasteiger partial charge in [0.2, 0.25) is 0 Å². The van der Waals surface area contributed by atoms with Gasteiger partial charge < -0.3 is 9.64 Å². The second kappa shape index (κ2) is 6.68. The zero-order chi connectivity index (χ0) is 13.8. The van der Waals surface area contributed by atoms with Crippen LogP contribution in [0.15, 0.2) is 24.5 Å². The lowest BCUT2D eigenvalue weighted by Crippen LogP contribution is -2.39. The normalized spacial score (nSPS) is 28.9. The molecule has 2 fully saturated rings. The van der Waals surface area contributed by atoms with Crippen LogP contribution in [0.1, 0.15) is 38.2 Å². The maximum absolute atomic E-state index is 5.94. The van der Waals surface area contributed by atoms with E-state index < -0.39 is 0 Å². The van der Waals surface area contributed by atoms with Gasteiger partial charge in [-0.25, -0.2) is 0 Å². The van der Waals surface area contributed by atoms with Crippen LogP contribution in [-0.4, -0.2) is 41.7 Å². The van der Waals surface area contributed by atoms with Gasteiger partial charge in [-0.05, 0) is 69.7 Å². The molecule has 0 N–H and O–H groups in total. The van der Waals surface area contributed by atoms with Crippen LogP contribution in [0.5, 0.6) is 0 Å². The highest BCUT2D eigenvalue weighted by Crippen LogP contribution is 2.24. The molecule has 110 valence electrons. The standard InChI is InChI=1S/C17H26N2O/c1-14-4-5-17(20-14)13-19-9-6-15(7-10-19)11-16-3-2-8-18-12-16/h2-3,8,12,14-15,17H,4-7,9-11,13H2,1H3. The molecule has 1 aromatic rings. The molecular formula is C17H26N2O. The summed E-state index contributed by atoms with van der Waals surface area (Å²) in [4.78, 5) is 6.81. The Balaban J connectivity index is 1.41. The average molecular weight is 274 g/mol. The van der Waals surface area contributed by atoms with Gasteiger partial charge in [0.05, 0.1) is 12.2 Å². The molecule has 3 rings (SSSR count). The van der Waals surface area contributed by atoms with Crippen molar-refractivity contribution >= 4 is 0 Å². The van der Waals surface area contributed by atoms with E-state index in [2.05, 4.69) is 22.9 Å². The fourth-order valence-corrected chi connectivity index (χ4v) is 3.53. The summed E-state index contributed by atoms with van der Waals surface area (Å²) < 4.78 is 5.94. The molecule has 0 spiro atoms. The first kappa shape index (κ1) is 14.0. The molecule has 3 heteroatoms. The molecular weight excluding hydrogens is 248 g/mol. The summed E-state index contributed by atoms with van der Waals surface area (Å²) in [6, 6.07) is 4.25. The number of aromatic nitrogens is 1. The largest absolute Gasteiger partial charge is 0.374 e. The molecule has 1 aromatic heterocycles. The molecule has 2 saturated heterocycles. The topological polar surface area (TPSA) is 25.4 Å². The molecule has 0 radical (unpaired) electrons. The summed E-state index contributed by atoms with van der Waals surface area (Å²) in [5, 5.41) is 0. The van der Waals surface area contributed by atoms with Crippen LogP contribution in [-0.2, 0) is 11.2 Å². The van der Waals surface area contributed by atoms with Gasteiger partial charge in [-0.1, -0.05) is 6.07 Å². The first-order valence-corrected chi connectivity index (χ1v) is 8.06. The van der Waals surface area contributed by atoms with Crippen molar-refractivity contribution in [3.8, 4) is 0 Å². The van der Waals surface area contributed by atoms with E-state index in [1.165, 1.54) is 50.8 Å². The third kappa shape index (κ3) is 3.80. The first-order chi connectivity index (χ1) is 9.79. The van der Waals surface area contributed by atoms with E-state index in [-0.39, 0.29) is 0 Å². The van der Waals surface area contributed by atoms with Gasteiger partial charge in [-0.3, -0.25) is 4.98 Å². The molecule has 0 bridgehead atoms. The third-order valence-corrected chi connectivity index (χ3v) is 4.74. The predicted octanol–water partition coefficient (Wildman–Crippen LogP) is 2.90. The first-order valence-electron chi connectivity index (χ1n) is 8.06. The van der Waals surface area contributed by atoms with Crippen LogP contribution in [0.4, 0.5) is 0 Å². The van der Waals surface area contributed by atoms with Crippen LogP contribution in [0.2, 0.25) is 0 Å². The van der Waals surface area contributed by atoms with Crippen LogP contribution in [0, 0.1) is 5.92 Å². The molecule has 3 nitrogen and oxygen atoms in total. The lowest BCUT2D eigenvalue weighted by molar-refractivity contribution is 0.0239. The van der Waals surface area contributed by atoms with Gasteiger partial charge in [-0.2, -0.15) is 0 Å². The summed E-state index contributed by atoms with van der Waals surface area (Å²) in [6.07, 6.45) is 11.1. The van der Waals surface area contributed by atoms with Crippen LogP contribution in [0.3, 0.4) is 0 Å². The monoisotopic (exact) mass is 274 g/mol. The fourth-order valence-electron chi connectivity index (χ4n) is 3.53. The van der Waals surface area contributed by atoms with Crippen molar-refractivity contribution in [3.63, 3.8) is 0 Å². The van der Waals surface area contributed by atoms with Crippen molar-refractivity contribution < 1.29 is 4.74 Å². The lowest BCUT2D eigenvalue weighted by Gasteiger charge is -2.33. The minimum Gasteiger partial charge on any atom is -0.374 e. The van der Waals surface area contributed by atoms with E-state index in [4.69, 9.17) is 4.74 Å². The van der Waals surface area contributed by atoms with E-state index in [9.17, 15) is 0 Å². The van der Waals surface area contributed by atoms with E-state index in [0.29, 0.717) is 12.2 Å². The number of likely N-dealkylation sites (tertiary alicyclic amines) is 1. The minimum atomic E-state index is 0.475. The van der Waals surface area contributed by atoms with Gasteiger partial charge in [0, 0.05) is 18.9 Å². The third-order valence-electron chi connectivity index (χ3n) is 4.74. The molecule has 2 aliphatic rings. The summed E-state index contributed by atoms with van der Waals surface area (Å²) in [5.74, 6) is 0.832. The van der Waals surface area contributed by atoms with Gasteiger partial charge >= 0.3 is 0 Å². The highest BCUT2D eigenvalue weighted by Gasteiger charge is 2.26. The number of hydrogen-bond acceptors (Lipinski definition) is 3. The number of pyridine rings is 1. The summed E-state index contributed by atoms with van der Waals surface area (Å²) >= 11 is 0. The van der Waals surface area contributed by atoms with Crippen molar-refractivity contribution in [1.29, 1.82) is 0 Å². The maximum Gasteiger partial charge on any atom is 0.0706 e. The Hall–Kier alpha value is -0.930. The smallest absolute Gasteiger partial charge is 0.0706 e. The number of piperidine rings is 1. The van der Waals surface area contributed by atoms with Crippen molar-refractivity contribution in [2.75, 3.05) is 19.6 Å². The number of ether oxygens (including phenoxy) is 1. The van der Waals surface area contributed by atoms with Gasteiger partial charge in [0.15, 0.2) is 0 Å². The number of rotatable bonds is 4. The quantitative estimate of drug-likeness (QED) is 0.844. The van der Waals surface area contributed by atoms with Crippen LogP contribution < -0.4 is 0 Å². The van der Waals surface area contributed by atoms with Crippen molar-refractivity contribution in [2.45, 2.75) is 51.2 Å². The van der Waals surface area contributed by atoms with Gasteiger partial charge in [0.25, 0.3) is 0 Å². The SMILES string of the molecule is CC1CCC(CN2CCC(Cc3cccnc3)CC2)O1. The minimum absolute atomic E-state index is 0.475. The Morgan fingerprint density at radius 2 is 2.10 bits per heavy atom. The molecule has 0 aromatic carbocycles. The van der Waals surface area contributed by atoms with E-state index >= 15 is 0 Å². The van der Waals surface area contributed by atoms with Crippen molar-refractivity contribution in [2.24, 2.45) is 5.92 Å². The predicted molar refractivity (Wildman–Crippen MR) is 80.7 cm³/mol. The summed E-state index contributed by atoms with van der Waals surface area (Å²) in [7, 11) is 0. The van der Waals surface area contributed by atoms with Gasteiger partial charge in [0.1, 0.15) is 0 Å². The number of hydrogen-bond donors (Lipinski definition) is 0. The van der Waals surface area contributed by atoms with Gasteiger partial charge in [-0.15, -0.1) is 0 Å². The summed E-state index contributed by atoms with van der Waals surface area (Å²) in [5.41, 5.74) is 1.39.